The Bertz CT molecular complexity index is 529. The Morgan fingerprint density at radius 1 is 1.50 bits per heavy atom. The van der Waals surface area contributed by atoms with E-state index in [1.165, 1.54) is 5.01 Å². The highest BCUT2D eigenvalue weighted by Crippen LogP contribution is 2.19. The van der Waals surface area contributed by atoms with E-state index in [2.05, 4.69) is 53.2 Å². The molecule has 1 aromatic heterocycles. The van der Waals surface area contributed by atoms with Crippen molar-refractivity contribution in [3.63, 3.8) is 0 Å². The summed E-state index contributed by atoms with van der Waals surface area (Å²) in [5.74, 6) is 1.39. The van der Waals surface area contributed by atoms with Gasteiger partial charge in [0.25, 0.3) is 0 Å². The number of aliphatic imine (C=N–C) groups is 1. The average molecular weight is 350 g/mol. The second kappa shape index (κ2) is 9.79. The predicted molar refractivity (Wildman–Crippen MR) is 104 cm³/mol. The molecule has 6 heteroatoms. The molecule has 0 aromatic carbocycles. The fourth-order valence-electron chi connectivity index (χ4n) is 2.78. The number of guanidine groups is 1. The Morgan fingerprint density at radius 3 is 2.83 bits per heavy atom. The molecule has 24 heavy (non-hydrogen) atoms. The first-order valence-electron chi connectivity index (χ1n) is 8.94. The van der Waals surface area contributed by atoms with Gasteiger partial charge in [-0.25, -0.2) is 9.98 Å². The highest BCUT2D eigenvalue weighted by molar-refractivity contribution is 7.09. The maximum Gasteiger partial charge on any atom is 0.191 e. The first kappa shape index (κ1) is 18.9. The van der Waals surface area contributed by atoms with Crippen LogP contribution in [0.4, 0.5) is 0 Å². The molecule has 0 spiro atoms. The van der Waals surface area contributed by atoms with E-state index in [0.29, 0.717) is 18.5 Å². The van der Waals surface area contributed by atoms with Crippen molar-refractivity contribution in [1.29, 1.82) is 0 Å². The number of piperidine rings is 1. The normalized spacial score (nSPS) is 17.2. The molecule has 0 aliphatic carbocycles. The number of thiazole rings is 1. The van der Waals surface area contributed by atoms with Gasteiger partial charge in [0.1, 0.15) is 0 Å². The smallest absolute Gasteiger partial charge is 0.191 e. The second-order valence-electron chi connectivity index (χ2n) is 6.53. The Balaban J connectivity index is 1.87. The molecular weight excluding hydrogens is 318 g/mol. The van der Waals surface area contributed by atoms with Gasteiger partial charge in [0.2, 0.25) is 0 Å². The van der Waals surface area contributed by atoms with E-state index in [9.17, 15) is 0 Å². The lowest BCUT2D eigenvalue weighted by Gasteiger charge is -2.32. The molecule has 0 bridgehead atoms. The van der Waals surface area contributed by atoms with E-state index < -0.39 is 0 Å². The fourth-order valence-corrected chi connectivity index (χ4v) is 3.60. The van der Waals surface area contributed by atoms with Gasteiger partial charge in [-0.1, -0.05) is 19.9 Å². The van der Waals surface area contributed by atoms with Crippen molar-refractivity contribution < 1.29 is 0 Å². The maximum atomic E-state index is 4.71. The minimum absolute atomic E-state index is 0.486. The summed E-state index contributed by atoms with van der Waals surface area (Å²) in [6.07, 6.45) is 4.28. The number of nitrogens with zero attached hydrogens (tertiary/aromatic N) is 3. The molecule has 0 unspecified atom stereocenters. The van der Waals surface area contributed by atoms with Crippen LogP contribution in [0.25, 0.3) is 0 Å². The van der Waals surface area contributed by atoms with Gasteiger partial charge >= 0.3 is 0 Å². The summed E-state index contributed by atoms with van der Waals surface area (Å²) in [7, 11) is 0. The van der Waals surface area contributed by atoms with Crippen LogP contribution in [0.15, 0.2) is 23.0 Å². The topological polar surface area (TPSA) is 52.5 Å². The van der Waals surface area contributed by atoms with Crippen molar-refractivity contribution in [1.82, 2.24) is 20.5 Å². The Morgan fingerprint density at radius 2 is 2.25 bits per heavy atom. The van der Waals surface area contributed by atoms with Crippen LogP contribution in [-0.4, -0.2) is 48.1 Å². The standard InChI is InChI=1S/C18H31N5S/c1-5-9-23-10-7-15(8-11-23)22-18(19-6-2)20-12-16-13-24-17(21-16)14(3)4/h5,13-15H,1,6-12H2,2-4H3,(H2,19,20,22). The third kappa shape index (κ3) is 5.91. The van der Waals surface area contributed by atoms with Crippen molar-refractivity contribution in [2.75, 3.05) is 26.2 Å². The average Bonchev–Trinajstić information content (AvgIpc) is 3.04. The summed E-state index contributed by atoms with van der Waals surface area (Å²) in [5.41, 5.74) is 1.06. The van der Waals surface area contributed by atoms with Gasteiger partial charge in [-0.3, -0.25) is 4.90 Å². The van der Waals surface area contributed by atoms with Crippen molar-refractivity contribution in [3.8, 4) is 0 Å². The molecule has 0 radical (unpaired) electrons. The lowest BCUT2D eigenvalue weighted by molar-refractivity contribution is 0.225. The quantitative estimate of drug-likeness (QED) is 0.451. The van der Waals surface area contributed by atoms with Gasteiger partial charge in [0.15, 0.2) is 5.96 Å². The zero-order valence-electron chi connectivity index (χ0n) is 15.2. The van der Waals surface area contributed by atoms with Crippen molar-refractivity contribution >= 4 is 17.3 Å². The summed E-state index contributed by atoms with van der Waals surface area (Å²) in [5, 5.41) is 10.2. The van der Waals surface area contributed by atoms with E-state index in [1.54, 1.807) is 11.3 Å². The first-order valence-corrected chi connectivity index (χ1v) is 9.82. The van der Waals surface area contributed by atoms with Crippen molar-refractivity contribution in [3.05, 3.63) is 28.7 Å². The summed E-state index contributed by atoms with van der Waals surface area (Å²) in [4.78, 5) is 11.8. The molecule has 0 saturated carbocycles. The molecule has 1 fully saturated rings. The highest BCUT2D eigenvalue weighted by Gasteiger charge is 2.19. The van der Waals surface area contributed by atoms with E-state index in [4.69, 9.17) is 4.99 Å². The largest absolute Gasteiger partial charge is 0.357 e. The molecule has 5 nitrogen and oxygen atoms in total. The monoisotopic (exact) mass is 349 g/mol. The number of hydrogen-bond donors (Lipinski definition) is 2. The molecule has 2 rings (SSSR count). The molecule has 2 N–H and O–H groups in total. The second-order valence-corrected chi connectivity index (χ2v) is 7.42. The highest BCUT2D eigenvalue weighted by atomic mass is 32.1. The number of hydrogen-bond acceptors (Lipinski definition) is 4. The first-order chi connectivity index (χ1) is 11.6. The zero-order valence-corrected chi connectivity index (χ0v) is 16.0. The summed E-state index contributed by atoms with van der Waals surface area (Å²) >= 11 is 1.73. The van der Waals surface area contributed by atoms with E-state index in [-0.39, 0.29) is 0 Å². The molecule has 2 heterocycles. The summed E-state index contributed by atoms with van der Waals surface area (Å²) < 4.78 is 0. The molecule has 1 saturated heterocycles. The Labute approximate surface area is 150 Å². The zero-order chi connectivity index (χ0) is 17.4. The van der Waals surface area contributed by atoms with Gasteiger partial charge in [-0.05, 0) is 19.8 Å². The number of likely N-dealkylation sites (tertiary alicyclic amines) is 1. The van der Waals surface area contributed by atoms with Gasteiger partial charge in [0, 0.05) is 43.5 Å². The fraction of sp³-hybridized carbons (Fsp3) is 0.667. The van der Waals surface area contributed by atoms with Crippen LogP contribution in [0.2, 0.25) is 0 Å². The van der Waals surface area contributed by atoms with Crippen LogP contribution < -0.4 is 10.6 Å². The minimum atomic E-state index is 0.486. The number of rotatable bonds is 7. The van der Waals surface area contributed by atoms with Crippen LogP contribution in [0, 0.1) is 0 Å². The molecule has 0 amide bonds. The van der Waals surface area contributed by atoms with Crippen LogP contribution in [0.3, 0.4) is 0 Å². The summed E-state index contributed by atoms with van der Waals surface area (Å²) in [6.45, 7) is 15.0. The predicted octanol–water partition coefficient (Wildman–Crippen LogP) is 2.97. The van der Waals surface area contributed by atoms with E-state index in [0.717, 1.165) is 50.7 Å². The lowest BCUT2D eigenvalue weighted by atomic mass is 10.1. The third-order valence-corrected chi connectivity index (χ3v) is 5.32. The Kier molecular flexibility index (Phi) is 7.72. The third-order valence-electron chi connectivity index (χ3n) is 4.12. The minimum Gasteiger partial charge on any atom is -0.357 e. The van der Waals surface area contributed by atoms with E-state index >= 15 is 0 Å². The molecule has 0 atom stereocenters. The van der Waals surface area contributed by atoms with E-state index in [1.807, 2.05) is 6.08 Å². The molecular formula is C18H31N5S. The van der Waals surface area contributed by atoms with Crippen molar-refractivity contribution in [2.45, 2.75) is 52.1 Å². The van der Waals surface area contributed by atoms with Gasteiger partial charge < -0.3 is 10.6 Å². The number of aromatic nitrogens is 1. The molecule has 1 aromatic rings. The Hall–Kier alpha value is -1.40. The molecule has 1 aliphatic rings. The molecule has 1 aliphatic heterocycles. The van der Waals surface area contributed by atoms with Gasteiger partial charge in [0.05, 0.1) is 17.2 Å². The number of nitrogens with one attached hydrogen (secondary N) is 2. The van der Waals surface area contributed by atoms with Crippen LogP contribution in [0.1, 0.15) is 50.2 Å². The van der Waals surface area contributed by atoms with Crippen molar-refractivity contribution in [2.24, 2.45) is 4.99 Å². The van der Waals surface area contributed by atoms with Crippen LogP contribution in [0.5, 0.6) is 0 Å². The SMILES string of the molecule is C=CCN1CCC(NC(=NCc2csc(C(C)C)n2)NCC)CC1. The summed E-state index contributed by atoms with van der Waals surface area (Å²) in [6, 6.07) is 0.491. The molecule has 134 valence electrons. The van der Waals surface area contributed by atoms with Crippen LogP contribution >= 0.6 is 11.3 Å². The van der Waals surface area contributed by atoms with Gasteiger partial charge in [-0.2, -0.15) is 0 Å². The van der Waals surface area contributed by atoms with Crippen LogP contribution in [-0.2, 0) is 6.54 Å². The lowest BCUT2D eigenvalue weighted by Crippen LogP contribution is -2.48. The van der Waals surface area contributed by atoms with Gasteiger partial charge in [-0.15, -0.1) is 17.9 Å². The maximum absolute atomic E-state index is 4.71.